The maximum Gasteiger partial charge on any atom is 0.189 e. The maximum absolute atomic E-state index is 12.7. The van der Waals surface area contributed by atoms with Crippen LogP contribution in [0.3, 0.4) is 0 Å². The number of fused-ring (bicyclic) bond motifs is 1. The number of carbonyl (C=O) groups is 1. The van der Waals surface area contributed by atoms with Crippen LogP contribution < -0.4 is 18.9 Å². The third-order valence-corrected chi connectivity index (χ3v) is 6.11. The molecular weight excluding hydrogens is 412 g/mol. The fraction of sp³-hybridized carbons (Fsp3) is 0.480. The van der Waals surface area contributed by atoms with Gasteiger partial charge in [-0.2, -0.15) is 0 Å². The van der Waals surface area contributed by atoms with Crippen molar-refractivity contribution in [3.8, 4) is 23.0 Å². The molecule has 0 aliphatic rings. The first-order valence-corrected chi connectivity index (χ1v) is 11.3. The summed E-state index contributed by atoms with van der Waals surface area (Å²) < 4.78 is 22.9. The Bertz CT molecular complexity index is 945. The number of thioether (sulfide) groups is 1. The molecule has 6 heteroatoms. The molecule has 1 unspecified atom stereocenters. The Kier molecular flexibility index (Phi) is 9.11. The van der Waals surface area contributed by atoms with Gasteiger partial charge in [0.05, 0.1) is 39.2 Å². The second-order valence-electron chi connectivity index (χ2n) is 8.02. The van der Waals surface area contributed by atoms with E-state index in [0.717, 1.165) is 16.3 Å². The van der Waals surface area contributed by atoms with E-state index in [9.17, 15) is 4.79 Å². The smallest absolute Gasteiger partial charge is 0.189 e. The summed E-state index contributed by atoms with van der Waals surface area (Å²) >= 11 is 1.36. The lowest BCUT2D eigenvalue weighted by atomic mass is 9.98. The SMILES string of the molecule is COc1ccc(OC)c2c(OC)c(C(CC=C(C)C)SC(=O)CC(C)C)cc(OC)c12. The molecule has 0 saturated carbocycles. The lowest BCUT2D eigenvalue weighted by molar-refractivity contribution is -0.111. The van der Waals surface area contributed by atoms with Gasteiger partial charge in [0.1, 0.15) is 23.0 Å². The molecule has 0 amide bonds. The van der Waals surface area contributed by atoms with Gasteiger partial charge in [-0.1, -0.05) is 37.3 Å². The van der Waals surface area contributed by atoms with Crippen molar-refractivity contribution >= 4 is 27.6 Å². The molecule has 0 spiro atoms. The van der Waals surface area contributed by atoms with Crippen molar-refractivity contribution in [1.29, 1.82) is 0 Å². The standard InChI is InChI=1S/C25H34O5S/c1-15(2)9-12-21(31-22(26)13-16(3)4)17-14-20(29-7)23-18(27-5)10-11-19(28-6)24(23)25(17)30-8/h9-11,14,16,21H,12-13H2,1-8H3. The predicted octanol–water partition coefficient (Wildman–Crippen LogP) is 6.58. The molecule has 0 aliphatic carbocycles. The molecular formula is C25H34O5S. The van der Waals surface area contributed by atoms with Gasteiger partial charge in [0, 0.05) is 17.2 Å². The Balaban J connectivity index is 2.79. The topological polar surface area (TPSA) is 54.0 Å². The van der Waals surface area contributed by atoms with E-state index in [1.807, 2.05) is 18.2 Å². The summed E-state index contributed by atoms with van der Waals surface area (Å²) in [5.74, 6) is 2.96. The lowest BCUT2D eigenvalue weighted by Crippen LogP contribution is -2.06. The molecule has 5 nitrogen and oxygen atoms in total. The third kappa shape index (κ3) is 5.88. The van der Waals surface area contributed by atoms with E-state index in [-0.39, 0.29) is 10.4 Å². The summed E-state index contributed by atoms with van der Waals surface area (Å²) in [7, 11) is 6.52. The second kappa shape index (κ2) is 11.3. The number of ether oxygens (including phenoxy) is 4. The van der Waals surface area contributed by atoms with Gasteiger partial charge in [-0.15, -0.1) is 0 Å². The highest BCUT2D eigenvalue weighted by atomic mass is 32.2. The van der Waals surface area contributed by atoms with Crippen LogP contribution in [0.4, 0.5) is 0 Å². The van der Waals surface area contributed by atoms with Crippen LogP contribution in [0.2, 0.25) is 0 Å². The Morgan fingerprint density at radius 2 is 1.52 bits per heavy atom. The van der Waals surface area contributed by atoms with E-state index in [4.69, 9.17) is 18.9 Å². The molecule has 0 fully saturated rings. The van der Waals surface area contributed by atoms with Crippen molar-refractivity contribution in [3.63, 3.8) is 0 Å². The number of hydrogen-bond acceptors (Lipinski definition) is 6. The van der Waals surface area contributed by atoms with Crippen molar-refractivity contribution < 1.29 is 23.7 Å². The summed E-state index contributed by atoms with van der Waals surface area (Å²) in [5.41, 5.74) is 2.10. The number of methoxy groups -OCH3 is 4. The zero-order chi connectivity index (χ0) is 23.1. The number of allylic oxidation sites excluding steroid dienone is 2. The number of hydrogen-bond donors (Lipinski definition) is 0. The van der Waals surface area contributed by atoms with Gasteiger partial charge >= 0.3 is 0 Å². The largest absolute Gasteiger partial charge is 0.496 e. The predicted molar refractivity (Wildman–Crippen MR) is 129 cm³/mol. The number of carbonyl (C=O) groups excluding carboxylic acids is 1. The Hall–Kier alpha value is -2.34. The average molecular weight is 447 g/mol. The van der Waals surface area contributed by atoms with Gasteiger partial charge in [0.2, 0.25) is 0 Å². The van der Waals surface area contributed by atoms with Crippen LogP contribution in [0.5, 0.6) is 23.0 Å². The lowest BCUT2D eigenvalue weighted by Gasteiger charge is -2.23. The van der Waals surface area contributed by atoms with Gasteiger partial charge in [-0.3, -0.25) is 4.79 Å². The van der Waals surface area contributed by atoms with Gasteiger partial charge in [0.15, 0.2) is 5.12 Å². The summed E-state index contributed by atoms with van der Waals surface area (Å²) in [6.45, 7) is 8.23. The molecule has 0 saturated heterocycles. The van der Waals surface area contributed by atoms with Crippen molar-refractivity contribution in [1.82, 2.24) is 0 Å². The van der Waals surface area contributed by atoms with Crippen LogP contribution in [0.25, 0.3) is 10.8 Å². The minimum Gasteiger partial charge on any atom is -0.496 e. The van der Waals surface area contributed by atoms with Gasteiger partial charge in [-0.05, 0) is 44.4 Å². The van der Waals surface area contributed by atoms with E-state index in [1.54, 1.807) is 28.4 Å². The van der Waals surface area contributed by atoms with Gasteiger partial charge in [-0.25, -0.2) is 0 Å². The molecule has 0 N–H and O–H groups in total. The molecule has 0 radical (unpaired) electrons. The normalized spacial score (nSPS) is 11.9. The van der Waals surface area contributed by atoms with Gasteiger partial charge < -0.3 is 18.9 Å². The maximum atomic E-state index is 12.7. The van der Waals surface area contributed by atoms with Crippen molar-refractivity contribution in [3.05, 3.63) is 35.4 Å². The van der Waals surface area contributed by atoms with Crippen LogP contribution in [-0.2, 0) is 4.79 Å². The van der Waals surface area contributed by atoms with Crippen LogP contribution in [-0.4, -0.2) is 33.6 Å². The van der Waals surface area contributed by atoms with Crippen LogP contribution in [0.1, 0.15) is 51.3 Å². The van der Waals surface area contributed by atoms with Crippen LogP contribution in [0, 0.1) is 5.92 Å². The molecule has 2 rings (SSSR count). The minimum absolute atomic E-state index is 0.120. The highest BCUT2D eigenvalue weighted by molar-refractivity contribution is 8.13. The van der Waals surface area contributed by atoms with E-state index < -0.39 is 0 Å². The zero-order valence-corrected chi connectivity index (χ0v) is 20.6. The summed E-state index contributed by atoms with van der Waals surface area (Å²) in [4.78, 5) is 12.7. The Morgan fingerprint density at radius 3 is 2.00 bits per heavy atom. The van der Waals surface area contributed by atoms with Crippen molar-refractivity contribution in [2.45, 2.75) is 45.8 Å². The van der Waals surface area contributed by atoms with Crippen molar-refractivity contribution in [2.75, 3.05) is 28.4 Å². The Labute approximate surface area is 190 Å². The summed E-state index contributed by atoms with van der Waals surface area (Å²) in [5, 5.41) is 1.61. The van der Waals surface area contributed by atoms with Crippen molar-refractivity contribution in [2.24, 2.45) is 5.92 Å². The first-order valence-electron chi connectivity index (χ1n) is 10.4. The fourth-order valence-electron chi connectivity index (χ4n) is 3.54. The molecule has 31 heavy (non-hydrogen) atoms. The van der Waals surface area contributed by atoms with Crippen LogP contribution in [0.15, 0.2) is 29.8 Å². The average Bonchev–Trinajstić information content (AvgIpc) is 2.73. The molecule has 0 bridgehead atoms. The third-order valence-electron chi connectivity index (χ3n) is 4.95. The summed E-state index contributed by atoms with van der Waals surface area (Å²) in [6.07, 6.45) is 3.38. The molecule has 170 valence electrons. The monoisotopic (exact) mass is 446 g/mol. The van der Waals surface area contributed by atoms with E-state index in [0.29, 0.717) is 41.8 Å². The van der Waals surface area contributed by atoms with E-state index in [2.05, 4.69) is 33.8 Å². The molecule has 0 aliphatic heterocycles. The molecule has 0 heterocycles. The first kappa shape index (κ1) is 24.9. The summed E-state index contributed by atoms with van der Waals surface area (Å²) in [6, 6.07) is 5.67. The molecule has 1 atom stereocenters. The van der Waals surface area contributed by atoms with Crippen LogP contribution >= 0.6 is 11.8 Å². The second-order valence-corrected chi connectivity index (χ2v) is 9.28. The molecule has 0 aromatic heterocycles. The van der Waals surface area contributed by atoms with Gasteiger partial charge in [0.25, 0.3) is 0 Å². The zero-order valence-electron chi connectivity index (χ0n) is 19.8. The number of benzene rings is 2. The number of rotatable bonds is 10. The highest BCUT2D eigenvalue weighted by Crippen LogP contribution is 2.50. The molecule has 2 aromatic rings. The Morgan fingerprint density at radius 1 is 0.935 bits per heavy atom. The quantitative estimate of drug-likeness (QED) is 0.384. The molecule has 2 aromatic carbocycles. The highest BCUT2D eigenvalue weighted by Gasteiger charge is 2.27. The van der Waals surface area contributed by atoms with E-state index in [1.165, 1.54) is 17.3 Å². The van der Waals surface area contributed by atoms with E-state index >= 15 is 0 Å². The fourth-order valence-corrected chi connectivity index (χ4v) is 4.78. The minimum atomic E-state index is -0.120. The first-order chi connectivity index (χ1) is 14.8.